The van der Waals surface area contributed by atoms with E-state index in [-0.39, 0.29) is 0 Å². The smallest absolute Gasteiger partial charge is 0.0631 e. The van der Waals surface area contributed by atoms with Crippen LogP contribution in [0.3, 0.4) is 0 Å². The highest BCUT2D eigenvalue weighted by atomic mass is 79.9. The van der Waals surface area contributed by atoms with Gasteiger partial charge in [-0.1, -0.05) is 6.07 Å². The number of nitrogens with one attached hydrogen (secondary N) is 1. The molecule has 1 fully saturated rings. The van der Waals surface area contributed by atoms with Gasteiger partial charge in [0.25, 0.3) is 0 Å². The van der Waals surface area contributed by atoms with E-state index in [9.17, 15) is 0 Å². The minimum Gasteiger partial charge on any atom is -0.380 e. The molecule has 100 valence electrons. The molecule has 1 aliphatic rings. The third-order valence-electron chi connectivity index (χ3n) is 3.70. The molecule has 1 aromatic rings. The van der Waals surface area contributed by atoms with E-state index < -0.39 is 0 Å². The highest BCUT2D eigenvalue weighted by Gasteiger charge is 2.23. The summed E-state index contributed by atoms with van der Waals surface area (Å²) in [5.74, 6) is 0.725. The Labute approximate surface area is 126 Å². The van der Waals surface area contributed by atoms with Crippen molar-refractivity contribution in [1.82, 2.24) is 4.90 Å². The van der Waals surface area contributed by atoms with E-state index in [4.69, 9.17) is 0 Å². The van der Waals surface area contributed by atoms with Gasteiger partial charge in [0.2, 0.25) is 0 Å². The summed E-state index contributed by atoms with van der Waals surface area (Å²) in [6, 6.07) is 6.68. The van der Waals surface area contributed by atoms with Crippen molar-refractivity contribution in [2.24, 2.45) is 5.92 Å². The topological polar surface area (TPSA) is 15.3 Å². The summed E-state index contributed by atoms with van der Waals surface area (Å²) >= 11 is 7.22. The van der Waals surface area contributed by atoms with E-state index in [0.29, 0.717) is 6.04 Å². The highest BCUT2D eigenvalue weighted by molar-refractivity contribution is 9.11. The van der Waals surface area contributed by atoms with E-state index in [2.05, 4.69) is 68.2 Å². The van der Waals surface area contributed by atoms with E-state index in [1.54, 1.807) is 0 Å². The van der Waals surface area contributed by atoms with Crippen LogP contribution in [0.25, 0.3) is 0 Å². The molecule has 1 saturated heterocycles. The molecule has 0 aromatic heterocycles. The lowest BCUT2D eigenvalue weighted by molar-refractivity contribution is 0.197. The monoisotopic (exact) mass is 374 g/mol. The van der Waals surface area contributed by atoms with Crippen LogP contribution in [0.4, 0.5) is 5.69 Å². The van der Waals surface area contributed by atoms with Crippen LogP contribution >= 0.6 is 31.9 Å². The quantitative estimate of drug-likeness (QED) is 0.844. The van der Waals surface area contributed by atoms with Crippen LogP contribution in [0.5, 0.6) is 0 Å². The van der Waals surface area contributed by atoms with Crippen molar-refractivity contribution in [2.45, 2.75) is 25.8 Å². The van der Waals surface area contributed by atoms with Gasteiger partial charge in [0.15, 0.2) is 0 Å². The number of hydrogen-bond donors (Lipinski definition) is 1. The zero-order valence-corrected chi connectivity index (χ0v) is 14.1. The molecule has 0 amide bonds. The molecular formula is C14H20Br2N2. The fourth-order valence-corrected chi connectivity index (χ4v) is 3.82. The first kappa shape index (κ1) is 14.4. The fraction of sp³-hybridized carbons (Fsp3) is 0.571. The number of nitrogens with zero attached hydrogens (tertiary/aromatic N) is 1. The molecule has 1 N–H and O–H groups in total. The number of hydrogen-bond acceptors (Lipinski definition) is 2. The van der Waals surface area contributed by atoms with Crippen molar-refractivity contribution in [3.05, 3.63) is 27.1 Å². The lowest BCUT2D eigenvalue weighted by Crippen LogP contribution is -2.39. The summed E-state index contributed by atoms with van der Waals surface area (Å²) in [5, 5.41) is 3.65. The molecular weight excluding hydrogens is 356 g/mol. The number of likely N-dealkylation sites (tertiary alicyclic amines) is 1. The predicted molar refractivity (Wildman–Crippen MR) is 85.1 cm³/mol. The van der Waals surface area contributed by atoms with Crippen LogP contribution in [0.15, 0.2) is 27.1 Å². The van der Waals surface area contributed by atoms with Gasteiger partial charge in [-0.15, -0.1) is 0 Å². The van der Waals surface area contributed by atoms with Gasteiger partial charge in [-0.2, -0.15) is 0 Å². The van der Waals surface area contributed by atoms with Crippen molar-refractivity contribution in [2.75, 3.05) is 25.5 Å². The van der Waals surface area contributed by atoms with Crippen LogP contribution < -0.4 is 5.32 Å². The molecule has 2 unspecified atom stereocenters. The second kappa shape index (κ2) is 6.40. The van der Waals surface area contributed by atoms with E-state index in [1.165, 1.54) is 31.6 Å². The fourth-order valence-electron chi connectivity index (χ4n) is 2.60. The molecule has 2 nitrogen and oxygen atoms in total. The molecule has 0 aliphatic carbocycles. The third-order valence-corrected chi connectivity index (χ3v) is 5.02. The first-order chi connectivity index (χ1) is 8.58. The molecule has 0 saturated carbocycles. The Morgan fingerprint density at radius 1 is 1.33 bits per heavy atom. The molecule has 1 aliphatic heterocycles. The van der Waals surface area contributed by atoms with Crippen LogP contribution in [0.2, 0.25) is 0 Å². The van der Waals surface area contributed by atoms with Gasteiger partial charge in [0.1, 0.15) is 0 Å². The number of piperidine rings is 1. The van der Waals surface area contributed by atoms with Crippen molar-refractivity contribution in [1.29, 1.82) is 0 Å². The van der Waals surface area contributed by atoms with Crippen molar-refractivity contribution in [3.63, 3.8) is 0 Å². The average molecular weight is 376 g/mol. The molecule has 1 heterocycles. The minimum absolute atomic E-state index is 0.489. The van der Waals surface area contributed by atoms with Crippen molar-refractivity contribution < 1.29 is 0 Å². The molecule has 1 aromatic carbocycles. The molecule has 0 spiro atoms. The average Bonchev–Trinajstić information content (AvgIpc) is 2.34. The van der Waals surface area contributed by atoms with Gasteiger partial charge in [-0.05, 0) is 83.3 Å². The Morgan fingerprint density at radius 3 is 2.61 bits per heavy atom. The summed E-state index contributed by atoms with van der Waals surface area (Å²) in [7, 11) is 2.22. The SMILES string of the molecule is CC(Nc1c(Br)cccc1Br)C1CCCN(C)C1. The standard InChI is InChI=1S/C14H20Br2N2/c1-10(11-5-4-8-18(2)9-11)17-14-12(15)6-3-7-13(14)16/h3,6-7,10-11,17H,4-5,8-9H2,1-2H3. The first-order valence-corrected chi connectivity index (χ1v) is 8.05. The van der Waals surface area contributed by atoms with E-state index in [0.717, 1.165) is 14.9 Å². The second-order valence-corrected chi connectivity index (χ2v) is 6.90. The zero-order chi connectivity index (χ0) is 13.1. The first-order valence-electron chi connectivity index (χ1n) is 6.47. The molecule has 2 atom stereocenters. The minimum atomic E-state index is 0.489. The Kier molecular flexibility index (Phi) is 5.10. The van der Waals surface area contributed by atoms with Crippen LogP contribution in [-0.2, 0) is 0 Å². The van der Waals surface area contributed by atoms with Gasteiger partial charge in [0, 0.05) is 21.5 Å². The second-order valence-electron chi connectivity index (χ2n) is 5.19. The highest BCUT2D eigenvalue weighted by Crippen LogP contribution is 2.32. The maximum Gasteiger partial charge on any atom is 0.0631 e. The molecule has 0 bridgehead atoms. The number of anilines is 1. The molecule has 2 rings (SSSR count). The van der Waals surface area contributed by atoms with Gasteiger partial charge in [0.05, 0.1) is 5.69 Å². The lowest BCUT2D eigenvalue weighted by atomic mass is 9.92. The zero-order valence-electron chi connectivity index (χ0n) is 10.9. The van der Waals surface area contributed by atoms with Gasteiger partial charge < -0.3 is 10.2 Å². The number of rotatable bonds is 3. The van der Waals surface area contributed by atoms with Gasteiger partial charge >= 0.3 is 0 Å². The summed E-state index contributed by atoms with van der Waals surface area (Å²) in [4.78, 5) is 2.43. The summed E-state index contributed by atoms with van der Waals surface area (Å²) in [5.41, 5.74) is 1.17. The van der Waals surface area contributed by atoms with Gasteiger partial charge in [-0.25, -0.2) is 0 Å². The molecule has 0 radical (unpaired) electrons. The van der Waals surface area contributed by atoms with Crippen molar-refractivity contribution in [3.8, 4) is 0 Å². The number of para-hydroxylation sites is 1. The van der Waals surface area contributed by atoms with E-state index >= 15 is 0 Å². The van der Waals surface area contributed by atoms with Crippen LogP contribution in [-0.4, -0.2) is 31.1 Å². The number of halogens is 2. The molecule has 18 heavy (non-hydrogen) atoms. The normalized spacial score (nSPS) is 22.8. The molecule has 4 heteroatoms. The van der Waals surface area contributed by atoms with Crippen LogP contribution in [0.1, 0.15) is 19.8 Å². The predicted octanol–water partition coefficient (Wildman–Crippen LogP) is 4.35. The maximum atomic E-state index is 3.65. The summed E-state index contributed by atoms with van der Waals surface area (Å²) in [6.07, 6.45) is 2.63. The Balaban J connectivity index is 2.04. The van der Waals surface area contributed by atoms with E-state index in [1.807, 2.05) is 6.07 Å². The largest absolute Gasteiger partial charge is 0.380 e. The maximum absolute atomic E-state index is 3.65. The number of benzene rings is 1. The Morgan fingerprint density at radius 2 is 2.00 bits per heavy atom. The third kappa shape index (κ3) is 3.49. The van der Waals surface area contributed by atoms with Gasteiger partial charge in [-0.3, -0.25) is 0 Å². The summed E-state index contributed by atoms with van der Waals surface area (Å²) in [6.45, 7) is 4.72. The lowest BCUT2D eigenvalue weighted by Gasteiger charge is -2.34. The Bertz CT molecular complexity index is 389. The van der Waals surface area contributed by atoms with Crippen LogP contribution in [0, 0.1) is 5.92 Å². The van der Waals surface area contributed by atoms with Crippen molar-refractivity contribution >= 4 is 37.5 Å². The Hall–Kier alpha value is -0.0600. The summed E-state index contributed by atoms with van der Waals surface area (Å²) < 4.78 is 2.24.